The molecule has 0 aromatic heterocycles. The third-order valence-corrected chi connectivity index (χ3v) is 4.48. The molecule has 0 saturated carbocycles. The number of carbonyl (C=O) groups is 1. The van der Waals surface area contributed by atoms with Gasteiger partial charge < -0.3 is 15.2 Å². The second-order valence-corrected chi connectivity index (χ2v) is 6.98. The average Bonchev–Trinajstić information content (AvgIpc) is 2.62. The highest BCUT2D eigenvalue weighted by Crippen LogP contribution is 2.33. The largest absolute Gasteiger partial charge is 0.507 e. The van der Waals surface area contributed by atoms with E-state index in [0.717, 1.165) is 5.56 Å². The first-order chi connectivity index (χ1) is 12.8. The summed E-state index contributed by atoms with van der Waals surface area (Å²) < 4.78 is 5.76. The zero-order valence-electron chi connectivity index (χ0n) is 14.7. The lowest BCUT2D eigenvalue weighted by Gasteiger charge is -2.12. The summed E-state index contributed by atoms with van der Waals surface area (Å²) >= 11 is 12.1. The standard InChI is InChI=1S/C21H17Cl2NO3/c1-12-9-13(2)20(25)17(10-12)21(26)24-15-5-8-18(23)19(11-15)27-16-6-3-14(22)4-7-16/h3-11,25H,1-2H3,(H,24,26). The average molecular weight is 402 g/mol. The van der Waals surface area contributed by atoms with E-state index in [1.807, 2.05) is 13.0 Å². The first kappa shape index (κ1) is 19.1. The van der Waals surface area contributed by atoms with Gasteiger partial charge in [-0.15, -0.1) is 0 Å². The number of rotatable bonds is 4. The lowest BCUT2D eigenvalue weighted by Crippen LogP contribution is -2.12. The van der Waals surface area contributed by atoms with Crippen LogP contribution in [0.4, 0.5) is 5.69 Å². The van der Waals surface area contributed by atoms with Crippen LogP contribution in [0, 0.1) is 13.8 Å². The topological polar surface area (TPSA) is 58.6 Å². The maximum atomic E-state index is 12.6. The molecule has 27 heavy (non-hydrogen) atoms. The molecule has 1 amide bonds. The fourth-order valence-corrected chi connectivity index (χ4v) is 2.90. The Kier molecular flexibility index (Phi) is 5.59. The van der Waals surface area contributed by atoms with Crippen LogP contribution >= 0.6 is 23.2 Å². The molecule has 0 unspecified atom stereocenters. The molecular weight excluding hydrogens is 385 g/mol. The molecule has 4 nitrogen and oxygen atoms in total. The van der Waals surface area contributed by atoms with E-state index in [2.05, 4.69) is 5.32 Å². The molecule has 0 radical (unpaired) electrons. The van der Waals surface area contributed by atoms with Gasteiger partial charge in [-0.25, -0.2) is 0 Å². The third-order valence-electron chi connectivity index (χ3n) is 3.92. The number of carbonyl (C=O) groups excluding carboxylic acids is 1. The summed E-state index contributed by atoms with van der Waals surface area (Å²) in [5.41, 5.74) is 2.23. The number of halogens is 2. The molecule has 0 bridgehead atoms. The van der Waals surface area contributed by atoms with E-state index in [9.17, 15) is 9.90 Å². The molecule has 0 atom stereocenters. The molecule has 3 aromatic carbocycles. The number of aryl methyl sites for hydroxylation is 2. The summed E-state index contributed by atoms with van der Waals surface area (Å²) in [6, 6.07) is 15.2. The van der Waals surface area contributed by atoms with Crippen molar-refractivity contribution < 1.29 is 14.6 Å². The van der Waals surface area contributed by atoms with Crippen LogP contribution in [0.25, 0.3) is 0 Å². The van der Waals surface area contributed by atoms with Crippen LogP contribution < -0.4 is 10.1 Å². The van der Waals surface area contributed by atoms with E-state index < -0.39 is 5.91 Å². The molecule has 0 heterocycles. The lowest BCUT2D eigenvalue weighted by atomic mass is 10.0. The molecule has 6 heteroatoms. The first-order valence-corrected chi connectivity index (χ1v) is 8.93. The van der Waals surface area contributed by atoms with Gasteiger partial charge in [-0.1, -0.05) is 29.3 Å². The van der Waals surface area contributed by atoms with Crippen molar-refractivity contribution in [3.8, 4) is 17.2 Å². The van der Waals surface area contributed by atoms with Crippen molar-refractivity contribution in [1.82, 2.24) is 0 Å². The molecule has 3 rings (SSSR count). The summed E-state index contributed by atoms with van der Waals surface area (Å²) in [6.07, 6.45) is 0. The van der Waals surface area contributed by atoms with Crippen LogP contribution in [0.5, 0.6) is 17.2 Å². The number of benzene rings is 3. The predicted molar refractivity (Wildman–Crippen MR) is 109 cm³/mol. The molecular formula is C21H17Cl2NO3. The lowest BCUT2D eigenvalue weighted by molar-refractivity contribution is 0.102. The zero-order valence-corrected chi connectivity index (χ0v) is 16.2. The molecule has 0 saturated heterocycles. The van der Waals surface area contributed by atoms with E-state index in [4.69, 9.17) is 27.9 Å². The van der Waals surface area contributed by atoms with E-state index in [1.165, 1.54) is 0 Å². The van der Waals surface area contributed by atoms with Crippen molar-refractivity contribution in [2.24, 2.45) is 0 Å². The van der Waals surface area contributed by atoms with Gasteiger partial charge in [0.05, 0.1) is 10.6 Å². The molecule has 2 N–H and O–H groups in total. The van der Waals surface area contributed by atoms with Crippen molar-refractivity contribution in [2.45, 2.75) is 13.8 Å². The number of phenols is 1. The van der Waals surface area contributed by atoms with Crippen molar-refractivity contribution >= 4 is 34.8 Å². The van der Waals surface area contributed by atoms with Crippen molar-refractivity contribution in [1.29, 1.82) is 0 Å². The summed E-state index contributed by atoms with van der Waals surface area (Å²) in [7, 11) is 0. The van der Waals surface area contributed by atoms with Crippen LogP contribution in [-0.4, -0.2) is 11.0 Å². The van der Waals surface area contributed by atoms with Crippen molar-refractivity contribution in [3.63, 3.8) is 0 Å². The van der Waals surface area contributed by atoms with Gasteiger partial charge in [0.25, 0.3) is 5.91 Å². The second kappa shape index (κ2) is 7.91. The Bertz CT molecular complexity index is 1000. The highest BCUT2D eigenvalue weighted by atomic mass is 35.5. The molecule has 0 fully saturated rings. The van der Waals surface area contributed by atoms with Gasteiger partial charge in [-0.2, -0.15) is 0 Å². The Morgan fingerprint density at radius 1 is 1.00 bits per heavy atom. The smallest absolute Gasteiger partial charge is 0.259 e. The summed E-state index contributed by atoms with van der Waals surface area (Å²) in [4.78, 5) is 12.6. The molecule has 0 aliphatic heterocycles. The maximum absolute atomic E-state index is 12.6. The number of hydrogen-bond acceptors (Lipinski definition) is 3. The fraction of sp³-hybridized carbons (Fsp3) is 0.0952. The Morgan fingerprint density at radius 3 is 2.41 bits per heavy atom. The Labute approximate surface area is 167 Å². The third kappa shape index (κ3) is 4.54. The van der Waals surface area contributed by atoms with Crippen LogP contribution in [0.15, 0.2) is 54.6 Å². The first-order valence-electron chi connectivity index (χ1n) is 8.18. The Morgan fingerprint density at radius 2 is 1.70 bits per heavy atom. The number of ether oxygens (including phenoxy) is 1. The molecule has 3 aromatic rings. The van der Waals surface area contributed by atoms with Crippen LogP contribution in [0.1, 0.15) is 21.5 Å². The monoisotopic (exact) mass is 401 g/mol. The van der Waals surface area contributed by atoms with E-state index in [0.29, 0.717) is 32.8 Å². The van der Waals surface area contributed by atoms with Gasteiger partial charge in [0, 0.05) is 16.8 Å². The Hall–Kier alpha value is -2.69. The quantitative estimate of drug-likeness (QED) is 0.534. The summed E-state index contributed by atoms with van der Waals surface area (Å²) in [5, 5.41) is 13.9. The summed E-state index contributed by atoms with van der Waals surface area (Å²) in [6.45, 7) is 3.61. The minimum absolute atomic E-state index is 0.0373. The number of phenolic OH excluding ortho intramolecular Hbond substituents is 1. The van der Waals surface area contributed by atoms with E-state index in [1.54, 1.807) is 55.5 Å². The van der Waals surface area contributed by atoms with Gasteiger partial charge >= 0.3 is 0 Å². The zero-order chi connectivity index (χ0) is 19.6. The van der Waals surface area contributed by atoms with Gasteiger partial charge in [-0.05, 0) is 67.4 Å². The minimum atomic E-state index is -0.418. The predicted octanol–water partition coefficient (Wildman–Crippen LogP) is 6.36. The van der Waals surface area contributed by atoms with Crippen molar-refractivity contribution in [3.05, 3.63) is 81.3 Å². The van der Waals surface area contributed by atoms with E-state index >= 15 is 0 Å². The SMILES string of the molecule is Cc1cc(C)c(O)c(C(=O)Nc2ccc(Cl)c(Oc3ccc(Cl)cc3)c2)c1. The van der Waals surface area contributed by atoms with Crippen LogP contribution in [-0.2, 0) is 0 Å². The highest BCUT2D eigenvalue weighted by Gasteiger charge is 2.15. The fourth-order valence-electron chi connectivity index (χ4n) is 2.62. The molecule has 0 aliphatic rings. The number of amides is 1. The molecule has 0 aliphatic carbocycles. The van der Waals surface area contributed by atoms with E-state index in [-0.39, 0.29) is 11.3 Å². The minimum Gasteiger partial charge on any atom is -0.507 e. The van der Waals surface area contributed by atoms with Crippen LogP contribution in [0.3, 0.4) is 0 Å². The maximum Gasteiger partial charge on any atom is 0.259 e. The van der Waals surface area contributed by atoms with Gasteiger partial charge in [0.1, 0.15) is 17.2 Å². The van der Waals surface area contributed by atoms with Gasteiger partial charge in [0.15, 0.2) is 0 Å². The number of aromatic hydroxyl groups is 1. The normalized spacial score (nSPS) is 10.5. The van der Waals surface area contributed by atoms with Gasteiger partial charge in [-0.3, -0.25) is 4.79 Å². The molecule has 138 valence electrons. The van der Waals surface area contributed by atoms with Gasteiger partial charge in [0.2, 0.25) is 0 Å². The summed E-state index contributed by atoms with van der Waals surface area (Å²) in [5.74, 6) is 0.502. The highest BCUT2D eigenvalue weighted by molar-refractivity contribution is 6.32. The number of nitrogens with one attached hydrogen (secondary N) is 1. The molecule has 0 spiro atoms. The second-order valence-electron chi connectivity index (χ2n) is 6.13. The van der Waals surface area contributed by atoms with Crippen LogP contribution in [0.2, 0.25) is 10.0 Å². The number of anilines is 1. The Balaban J connectivity index is 1.84. The van der Waals surface area contributed by atoms with Crippen molar-refractivity contribution in [2.75, 3.05) is 5.32 Å². The number of hydrogen-bond donors (Lipinski definition) is 2.